The second kappa shape index (κ2) is 8.32. The number of aromatic nitrogens is 2. The van der Waals surface area contributed by atoms with Gasteiger partial charge in [0.25, 0.3) is 0 Å². The van der Waals surface area contributed by atoms with E-state index in [1.807, 2.05) is 30.3 Å². The third kappa shape index (κ3) is 4.62. The van der Waals surface area contributed by atoms with E-state index in [2.05, 4.69) is 10.4 Å². The molecular formula is C19H19FN4O3S. The molecule has 9 heteroatoms. The summed E-state index contributed by atoms with van der Waals surface area (Å²) in [6.07, 6.45) is 1.55. The number of hydrogen-bond acceptors (Lipinski definition) is 4. The van der Waals surface area contributed by atoms with Crippen molar-refractivity contribution >= 4 is 21.7 Å². The fraction of sp³-hybridized carbons (Fsp3) is 0.158. The Kier molecular flexibility index (Phi) is 5.86. The summed E-state index contributed by atoms with van der Waals surface area (Å²) < 4.78 is 40.5. The summed E-state index contributed by atoms with van der Waals surface area (Å²) in [5.74, 6) is -0.588. The summed E-state index contributed by atoms with van der Waals surface area (Å²) in [7, 11) is -2.61. The maximum absolute atomic E-state index is 13.0. The molecule has 0 aliphatic rings. The third-order valence-corrected chi connectivity index (χ3v) is 5.86. The number of carbonyl (C=O) groups excluding carboxylic acids is 1. The lowest BCUT2D eigenvalue weighted by atomic mass is 10.2. The highest BCUT2D eigenvalue weighted by Crippen LogP contribution is 2.15. The van der Waals surface area contributed by atoms with Gasteiger partial charge in [0.2, 0.25) is 15.9 Å². The molecule has 0 saturated heterocycles. The SMILES string of the molecule is CN(CC(=O)Nc1ccnn1Cc1ccccc1)S(=O)(=O)c1ccc(F)cc1. The van der Waals surface area contributed by atoms with Gasteiger partial charge in [-0.2, -0.15) is 9.40 Å². The van der Waals surface area contributed by atoms with E-state index in [1.165, 1.54) is 7.05 Å². The normalized spacial score (nSPS) is 11.5. The number of carbonyl (C=O) groups is 1. The van der Waals surface area contributed by atoms with Gasteiger partial charge in [-0.1, -0.05) is 30.3 Å². The van der Waals surface area contributed by atoms with Crippen molar-refractivity contribution in [2.45, 2.75) is 11.4 Å². The smallest absolute Gasteiger partial charge is 0.243 e. The van der Waals surface area contributed by atoms with Crippen LogP contribution < -0.4 is 5.32 Å². The first-order valence-electron chi connectivity index (χ1n) is 8.44. The van der Waals surface area contributed by atoms with Gasteiger partial charge in [-0.15, -0.1) is 0 Å². The highest BCUT2D eigenvalue weighted by molar-refractivity contribution is 7.89. The Balaban J connectivity index is 1.66. The molecule has 146 valence electrons. The van der Waals surface area contributed by atoms with Crippen LogP contribution in [0.4, 0.5) is 10.2 Å². The Morgan fingerprint density at radius 3 is 2.46 bits per heavy atom. The van der Waals surface area contributed by atoms with Gasteiger partial charge >= 0.3 is 0 Å². The van der Waals surface area contributed by atoms with Gasteiger partial charge < -0.3 is 5.32 Å². The van der Waals surface area contributed by atoms with Crippen LogP contribution in [0.15, 0.2) is 71.8 Å². The molecule has 0 unspecified atom stereocenters. The average Bonchev–Trinajstić information content (AvgIpc) is 3.09. The molecule has 0 saturated carbocycles. The number of halogens is 1. The number of sulfonamides is 1. The minimum absolute atomic E-state index is 0.0849. The number of rotatable bonds is 7. The van der Waals surface area contributed by atoms with Crippen LogP contribution in [0.2, 0.25) is 0 Å². The first-order valence-corrected chi connectivity index (χ1v) is 9.88. The third-order valence-electron chi connectivity index (χ3n) is 4.05. The van der Waals surface area contributed by atoms with Gasteiger partial charge in [-0.25, -0.2) is 17.5 Å². The number of benzene rings is 2. The Hall–Kier alpha value is -3.04. The van der Waals surface area contributed by atoms with Crippen molar-refractivity contribution < 1.29 is 17.6 Å². The quantitative estimate of drug-likeness (QED) is 0.657. The molecule has 1 N–H and O–H groups in total. The van der Waals surface area contributed by atoms with Gasteiger partial charge in [0.05, 0.1) is 24.2 Å². The first kappa shape index (κ1) is 19.7. The number of likely N-dealkylation sites (N-methyl/N-ethyl adjacent to an activating group) is 1. The predicted molar refractivity (Wildman–Crippen MR) is 103 cm³/mol. The molecule has 3 rings (SSSR count). The Bertz CT molecular complexity index is 1050. The van der Waals surface area contributed by atoms with E-state index >= 15 is 0 Å². The number of nitrogens with zero attached hydrogens (tertiary/aromatic N) is 3. The van der Waals surface area contributed by atoms with Crippen LogP contribution in [0, 0.1) is 5.82 Å². The van der Waals surface area contributed by atoms with Crippen molar-refractivity contribution in [2.24, 2.45) is 0 Å². The summed E-state index contributed by atoms with van der Waals surface area (Å²) in [6.45, 7) is 0.0728. The van der Waals surface area contributed by atoms with E-state index < -0.39 is 28.3 Å². The molecule has 0 radical (unpaired) electrons. The van der Waals surface area contributed by atoms with Gasteiger partial charge in [0, 0.05) is 13.1 Å². The predicted octanol–water partition coefficient (Wildman–Crippen LogP) is 2.33. The van der Waals surface area contributed by atoms with E-state index in [9.17, 15) is 17.6 Å². The molecule has 0 spiro atoms. The number of nitrogens with one attached hydrogen (secondary N) is 1. The second-order valence-electron chi connectivity index (χ2n) is 6.12. The van der Waals surface area contributed by atoms with Crippen molar-refractivity contribution in [3.05, 3.63) is 78.2 Å². The molecule has 0 bridgehead atoms. The monoisotopic (exact) mass is 402 g/mol. The van der Waals surface area contributed by atoms with Crippen LogP contribution in [0.5, 0.6) is 0 Å². The second-order valence-corrected chi connectivity index (χ2v) is 8.17. The van der Waals surface area contributed by atoms with E-state index in [0.717, 1.165) is 34.1 Å². The molecule has 1 aromatic heterocycles. The minimum Gasteiger partial charge on any atom is -0.310 e. The minimum atomic E-state index is -3.90. The highest BCUT2D eigenvalue weighted by Gasteiger charge is 2.23. The van der Waals surface area contributed by atoms with E-state index in [1.54, 1.807) is 16.9 Å². The van der Waals surface area contributed by atoms with Gasteiger partial charge in [-0.3, -0.25) is 4.79 Å². The Morgan fingerprint density at radius 2 is 1.79 bits per heavy atom. The van der Waals surface area contributed by atoms with Gasteiger partial charge in [-0.05, 0) is 29.8 Å². The lowest BCUT2D eigenvalue weighted by molar-refractivity contribution is -0.116. The van der Waals surface area contributed by atoms with Crippen LogP contribution >= 0.6 is 0 Å². The zero-order valence-corrected chi connectivity index (χ0v) is 15.9. The zero-order valence-electron chi connectivity index (χ0n) is 15.1. The van der Waals surface area contributed by atoms with Crippen molar-refractivity contribution in [3.63, 3.8) is 0 Å². The number of hydrogen-bond donors (Lipinski definition) is 1. The van der Waals surface area contributed by atoms with Crippen LogP contribution in [0.25, 0.3) is 0 Å². The van der Waals surface area contributed by atoms with Crippen LogP contribution in [-0.4, -0.2) is 42.0 Å². The molecule has 7 nitrogen and oxygen atoms in total. The van der Waals surface area contributed by atoms with Gasteiger partial charge in [0.15, 0.2) is 0 Å². The number of amides is 1. The fourth-order valence-electron chi connectivity index (χ4n) is 2.58. The van der Waals surface area contributed by atoms with E-state index in [0.29, 0.717) is 12.4 Å². The average molecular weight is 402 g/mol. The maximum atomic E-state index is 13.0. The summed E-state index contributed by atoms with van der Waals surface area (Å²) in [4.78, 5) is 12.3. The van der Waals surface area contributed by atoms with E-state index in [-0.39, 0.29) is 4.90 Å². The van der Waals surface area contributed by atoms with Gasteiger partial charge in [0.1, 0.15) is 11.6 Å². The molecule has 1 amide bonds. The van der Waals surface area contributed by atoms with Crippen LogP contribution in [0.3, 0.4) is 0 Å². The van der Waals surface area contributed by atoms with Crippen molar-refractivity contribution in [1.82, 2.24) is 14.1 Å². The van der Waals surface area contributed by atoms with Crippen molar-refractivity contribution in [2.75, 3.05) is 18.9 Å². The standard InChI is InChI=1S/C19H19FN4O3S/c1-23(28(26,27)17-9-7-16(20)8-10-17)14-19(25)22-18-11-12-21-24(18)13-15-5-3-2-4-6-15/h2-12H,13-14H2,1H3,(H,22,25). The molecule has 0 fully saturated rings. The molecule has 0 aliphatic carbocycles. The molecule has 3 aromatic rings. The molecule has 2 aromatic carbocycles. The Morgan fingerprint density at radius 1 is 1.11 bits per heavy atom. The zero-order chi connectivity index (χ0) is 20.1. The summed E-state index contributed by atoms with van der Waals surface area (Å²) >= 11 is 0. The van der Waals surface area contributed by atoms with E-state index in [4.69, 9.17) is 0 Å². The summed E-state index contributed by atoms with van der Waals surface area (Å²) in [6, 6.07) is 15.7. The largest absolute Gasteiger partial charge is 0.310 e. The maximum Gasteiger partial charge on any atom is 0.243 e. The first-order chi connectivity index (χ1) is 13.4. The fourth-order valence-corrected chi connectivity index (χ4v) is 3.70. The summed E-state index contributed by atoms with van der Waals surface area (Å²) in [5, 5.41) is 6.85. The van der Waals surface area contributed by atoms with Crippen LogP contribution in [0.1, 0.15) is 5.56 Å². The molecule has 28 heavy (non-hydrogen) atoms. The molecular weight excluding hydrogens is 383 g/mol. The summed E-state index contributed by atoms with van der Waals surface area (Å²) in [5.41, 5.74) is 1.01. The van der Waals surface area contributed by atoms with Crippen LogP contribution in [-0.2, 0) is 21.4 Å². The molecule has 1 heterocycles. The number of anilines is 1. The van der Waals surface area contributed by atoms with Crippen molar-refractivity contribution in [3.8, 4) is 0 Å². The molecule has 0 aliphatic heterocycles. The van der Waals surface area contributed by atoms with Crippen molar-refractivity contribution in [1.29, 1.82) is 0 Å². The highest BCUT2D eigenvalue weighted by atomic mass is 32.2. The topological polar surface area (TPSA) is 84.3 Å². The lowest BCUT2D eigenvalue weighted by Crippen LogP contribution is -2.35. The Labute approximate surface area is 162 Å². The molecule has 0 atom stereocenters. The lowest BCUT2D eigenvalue weighted by Gasteiger charge is -2.17.